The first-order chi connectivity index (χ1) is 14.6. The summed E-state index contributed by atoms with van der Waals surface area (Å²) in [4.78, 5) is 31.0. The lowest BCUT2D eigenvalue weighted by atomic mass is 9.73. The Balaban J connectivity index is 1.45. The first-order valence-corrected chi connectivity index (χ1v) is 11.2. The van der Waals surface area contributed by atoms with Gasteiger partial charge in [-0.2, -0.15) is 0 Å². The van der Waals surface area contributed by atoms with Gasteiger partial charge in [-0.05, 0) is 61.6 Å². The van der Waals surface area contributed by atoms with Crippen LogP contribution in [-0.2, 0) is 10.2 Å². The minimum atomic E-state index is -0.627. The summed E-state index contributed by atoms with van der Waals surface area (Å²) in [6, 6.07) is 15.9. The third-order valence-electron chi connectivity index (χ3n) is 7.16. The summed E-state index contributed by atoms with van der Waals surface area (Å²) in [7, 11) is 0. The van der Waals surface area contributed by atoms with Crippen LogP contribution < -0.4 is 10.2 Å². The van der Waals surface area contributed by atoms with Crippen LogP contribution >= 0.6 is 0 Å². The number of para-hydroxylation sites is 1. The first kappa shape index (κ1) is 19.2. The lowest BCUT2D eigenvalue weighted by Crippen LogP contribution is -2.48. The van der Waals surface area contributed by atoms with Gasteiger partial charge in [0.1, 0.15) is 0 Å². The van der Waals surface area contributed by atoms with E-state index in [9.17, 15) is 9.59 Å². The Hall–Kier alpha value is -2.82. The van der Waals surface area contributed by atoms with Gasteiger partial charge in [0, 0.05) is 36.6 Å². The number of carbonyl (C=O) groups is 2. The summed E-state index contributed by atoms with van der Waals surface area (Å²) in [6.45, 7) is 4.92. The minimum Gasteiger partial charge on any atom is -0.372 e. The monoisotopic (exact) mass is 403 g/mol. The lowest BCUT2D eigenvalue weighted by molar-refractivity contribution is -0.121. The lowest BCUT2D eigenvalue weighted by Gasteiger charge is -2.34. The Bertz CT molecular complexity index is 965. The molecular formula is C25H29N3O2. The summed E-state index contributed by atoms with van der Waals surface area (Å²) in [6.07, 6.45) is 4.90. The van der Waals surface area contributed by atoms with Gasteiger partial charge in [-0.1, -0.05) is 31.5 Å². The first-order valence-electron chi connectivity index (χ1n) is 11.2. The summed E-state index contributed by atoms with van der Waals surface area (Å²) < 4.78 is 0. The number of nitrogens with one attached hydrogen (secondary N) is 1. The van der Waals surface area contributed by atoms with Crippen LogP contribution in [0.1, 0.15) is 54.9 Å². The molecule has 3 aliphatic rings. The van der Waals surface area contributed by atoms with E-state index in [4.69, 9.17) is 0 Å². The normalized spacial score (nSPS) is 25.1. The fourth-order valence-corrected chi connectivity index (χ4v) is 5.68. The van der Waals surface area contributed by atoms with Crippen LogP contribution in [-0.4, -0.2) is 42.4 Å². The largest absolute Gasteiger partial charge is 0.372 e. The maximum atomic E-state index is 13.5. The molecule has 0 aromatic heterocycles. The molecule has 156 valence electrons. The van der Waals surface area contributed by atoms with Crippen molar-refractivity contribution in [3.63, 3.8) is 0 Å². The van der Waals surface area contributed by atoms with Gasteiger partial charge >= 0.3 is 0 Å². The molecule has 2 atom stereocenters. The van der Waals surface area contributed by atoms with Crippen molar-refractivity contribution in [2.24, 2.45) is 0 Å². The maximum absolute atomic E-state index is 13.5. The topological polar surface area (TPSA) is 52.7 Å². The molecule has 1 N–H and O–H groups in total. The molecule has 0 saturated carbocycles. The molecule has 0 radical (unpaired) electrons. The maximum Gasteiger partial charge on any atom is 0.254 e. The fourth-order valence-electron chi connectivity index (χ4n) is 5.68. The molecule has 1 spiro atoms. The van der Waals surface area contributed by atoms with E-state index in [0.717, 1.165) is 37.2 Å². The van der Waals surface area contributed by atoms with E-state index in [0.29, 0.717) is 18.5 Å². The Kier molecular flexibility index (Phi) is 4.76. The van der Waals surface area contributed by atoms with E-state index in [1.54, 1.807) is 0 Å². The van der Waals surface area contributed by atoms with E-state index in [-0.39, 0.29) is 17.9 Å². The van der Waals surface area contributed by atoms with Crippen LogP contribution in [0.3, 0.4) is 0 Å². The van der Waals surface area contributed by atoms with Gasteiger partial charge in [-0.25, -0.2) is 0 Å². The zero-order chi connectivity index (χ0) is 20.7. The number of amides is 2. The summed E-state index contributed by atoms with van der Waals surface area (Å²) in [5.41, 5.74) is 3.22. The molecule has 3 heterocycles. The highest BCUT2D eigenvalue weighted by atomic mass is 16.2. The molecule has 30 heavy (non-hydrogen) atoms. The standard InChI is InChI=1S/C25H29N3O2/c1-2-7-22-25(20-8-3-4-9-21(20)26-24(25)30)14-17-28(22)23(29)18-10-12-19(13-11-18)27-15-5-6-16-27/h3-4,8-13,22H,2,5-7,14-17H2,1H3,(H,26,30)/t22-,25+/m0/s1. The molecule has 2 amide bonds. The average Bonchev–Trinajstić information content (AvgIpc) is 3.49. The third-order valence-corrected chi connectivity index (χ3v) is 7.16. The zero-order valence-corrected chi connectivity index (χ0v) is 17.6. The zero-order valence-electron chi connectivity index (χ0n) is 17.6. The smallest absolute Gasteiger partial charge is 0.254 e. The number of hydrogen-bond acceptors (Lipinski definition) is 3. The Labute approximate surface area is 178 Å². The summed E-state index contributed by atoms with van der Waals surface area (Å²) in [5.74, 6) is 0.0808. The van der Waals surface area contributed by atoms with Gasteiger partial charge in [0.2, 0.25) is 5.91 Å². The molecule has 3 aliphatic heterocycles. The van der Waals surface area contributed by atoms with Crippen molar-refractivity contribution < 1.29 is 9.59 Å². The predicted molar refractivity (Wildman–Crippen MR) is 119 cm³/mol. The minimum absolute atomic E-state index is 0.0375. The van der Waals surface area contributed by atoms with Gasteiger partial charge in [-0.15, -0.1) is 0 Å². The van der Waals surface area contributed by atoms with Crippen molar-refractivity contribution in [3.05, 3.63) is 59.7 Å². The van der Waals surface area contributed by atoms with Crippen LogP contribution in [0.4, 0.5) is 11.4 Å². The number of nitrogens with zero attached hydrogens (tertiary/aromatic N) is 2. The SMILES string of the molecule is CCC[C@@H]1N(C(=O)c2ccc(N3CCCC3)cc2)CC[C@]12C(=O)Nc1ccccc12. The molecular weight excluding hydrogens is 374 g/mol. The van der Waals surface area contributed by atoms with Crippen molar-refractivity contribution in [1.29, 1.82) is 0 Å². The van der Waals surface area contributed by atoms with Crippen molar-refractivity contribution in [2.75, 3.05) is 29.9 Å². The molecule has 2 saturated heterocycles. The summed E-state index contributed by atoms with van der Waals surface area (Å²) in [5, 5.41) is 3.07. The molecule has 5 heteroatoms. The molecule has 5 nitrogen and oxygen atoms in total. The number of likely N-dealkylation sites (tertiary alicyclic amines) is 1. The second-order valence-corrected chi connectivity index (χ2v) is 8.77. The number of rotatable bonds is 4. The highest BCUT2D eigenvalue weighted by Crippen LogP contribution is 2.49. The van der Waals surface area contributed by atoms with E-state index >= 15 is 0 Å². The van der Waals surface area contributed by atoms with E-state index in [2.05, 4.69) is 35.3 Å². The average molecular weight is 404 g/mol. The van der Waals surface area contributed by atoms with Gasteiger partial charge in [0.05, 0.1) is 11.5 Å². The molecule has 2 fully saturated rings. The van der Waals surface area contributed by atoms with E-state index < -0.39 is 5.41 Å². The Morgan fingerprint density at radius 3 is 2.53 bits per heavy atom. The van der Waals surface area contributed by atoms with Crippen LogP contribution in [0.5, 0.6) is 0 Å². The third kappa shape index (κ3) is 2.83. The number of benzene rings is 2. The second kappa shape index (κ2) is 7.46. The number of anilines is 2. The van der Waals surface area contributed by atoms with Crippen LogP contribution in [0, 0.1) is 0 Å². The molecule has 0 bridgehead atoms. The number of hydrogen-bond donors (Lipinski definition) is 1. The number of fused-ring (bicyclic) bond motifs is 2. The number of carbonyl (C=O) groups excluding carboxylic acids is 2. The predicted octanol–water partition coefficient (Wildman–Crippen LogP) is 4.19. The van der Waals surface area contributed by atoms with E-state index in [1.807, 2.05) is 35.2 Å². The second-order valence-electron chi connectivity index (χ2n) is 8.77. The van der Waals surface area contributed by atoms with Crippen molar-refractivity contribution in [2.45, 2.75) is 50.5 Å². The quantitative estimate of drug-likeness (QED) is 0.833. The van der Waals surface area contributed by atoms with Crippen molar-refractivity contribution in [1.82, 2.24) is 4.90 Å². The highest BCUT2D eigenvalue weighted by molar-refractivity contribution is 6.08. The van der Waals surface area contributed by atoms with Crippen molar-refractivity contribution >= 4 is 23.2 Å². The van der Waals surface area contributed by atoms with Crippen LogP contribution in [0.15, 0.2) is 48.5 Å². The highest BCUT2D eigenvalue weighted by Gasteiger charge is 2.58. The van der Waals surface area contributed by atoms with Gasteiger partial charge in [0.25, 0.3) is 5.91 Å². The molecule has 0 unspecified atom stereocenters. The molecule has 2 aromatic carbocycles. The van der Waals surface area contributed by atoms with Crippen molar-refractivity contribution in [3.8, 4) is 0 Å². The Morgan fingerprint density at radius 2 is 1.80 bits per heavy atom. The van der Waals surface area contributed by atoms with Crippen LogP contribution in [0.2, 0.25) is 0 Å². The summed E-state index contributed by atoms with van der Waals surface area (Å²) >= 11 is 0. The van der Waals surface area contributed by atoms with Gasteiger partial charge in [0.15, 0.2) is 0 Å². The fraction of sp³-hybridized carbons (Fsp3) is 0.440. The van der Waals surface area contributed by atoms with Gasteiger partial charge in [-0.3, -0.25) is 9.59 Å². The Morgan fingerprint density at radius 1 is 1.07 bits per heavy atom. The van der Waals surface area contributed by atoms with Gasteiger partial charge < -0.3 is 15.1 Å². The molecule has 5 rings (SSSR count). The van der Waals surface area contributed by atoms with E-state index in [1.165, 1.54) is 18.5 Å². The molecule has 2 aromatic rings. The molecule has 0 aliphatic carbocycles. The van der Waals surface area contributed by atoms with Crippen LogP contribution in [0.25, 0.3) is 0 Å².